The van der Waals surface area contributed by atoms with E-state index < -0.39 is 30.9 Å². The van der Waals surface area contributed by atoms with E-state index in [1.165, 1.54) is 0 Å². The molecule has 7 nitrogen and oxygen atoms in total. The van der Waals surface area contributed by atoms with Crippen molar-refractivity contribution in [3.63, 3.8) is 0 Å². The molecule has 1 atom stereocenters. The van der Waals surface area contributed by atoms with Crippen LogP contribution in [0, 0.1) is 0 Å². The minimum atomic E-state index is -4.54. The summed E-state index contributed by atoms with van der Waals surface area (Å²) >= 11 is 0. The van der Waals surface area contributed by atoms with Gasteiger partial charge in [0.15, 0.2) is 0 Å². The standard InChI is InChI=1S/C21H19F3N4O3/c1-31-18-5-3-2-4-16(18)13-6-7-15(26-11-13)8-17(20(29)30)28-19-14(9-21(22,23)24)10-25-12-27-19/h2-7,10-12,17H,8-9H2,1H3,(H,29,30)(H,25,27,28)/t17-/m0/s1/i12D. The molecule has 31 heavy (non-hydrogen) atoms. The Labute approximate surface area is 177 Å². The van der Waals surface area contributed by atoms with Gasteiger partial charge in [-0.1, -0.05) is 24.3 Å². The lowest BCUT2D eigenvalue weighted by molar-refractivity contribution is -0.137. The molecule has 0 fully saturated rings. The van der Waals surface area contributed by atoms with Crippen molar-refractivity contribution < 1.29 is 29.2 Å². The minimum Gasteiger partial charge on any atom is -0.496 e. The number of hydrogen-bond acceptors (Lipinski definition) is 6. The van der Waals surface area contributed by atoms with Gasteiger partial charge in [0.2, 0.25) is 0 Å². The summed E-state index contributed by atoms with van der Waals surface area (Å²) in [5.41, 5.74) is 1.62. The van der Waals surface area contributed by atoms with Gasteiger partial charge in [0.25, 0.3) is 0 Å². The average molecular weight is 433 g/mol. The number of alkyl halides is 3. The molecule has 2 heterocycles. The van der Waals surface area contributed by atoms with Gasteiger partial charge >= 0.3 is 12.1 Å². The van der Waals surface area contributed by atoms with Gasteiger partial charge in [-0.05, 0) is 12.1 Å². The number of aromatic nitrogens is 3. The smallest absolute Gasteiger partial charge is 0.393 e. The number of methoxy groups -OCH3 is 1. The van der Waals surface area contributed by atoms with E-state index in [0.717, 1.165) is 17.3 Å². The molecule has 0 unspecified atom stereocenters. The lowest BCUT2D eigenvalue weighted by Crippen LogP contribution is -2.33. The lowest BCUT2D eigenvalue weighted by atomic mass is 10.0. The highest BCUT2D eigenvalue weighted by Crippen LogP contribution is 2.29. The van der Waals surface area contributed by atoms with E-state index in [-0.39, 0.29) is 17.8 Å². The Kier molecular flexibility index (Phi) is 6.25. The van der Waals surface area contributed by atoms with Gasteiger partial charge in [0, 0.05) is 41.2 Å². The van der Waals surface area contributed by atoms with Gasteiger partial charge in [-0.2, -0.15) is 13.2 Å². The highest BCUT2D eigenvalue weighted by molar-refractivity contribution is 5.77. The monoisotopic (exact) mass is 433 g/mol. The van der Waals surface area contributed by atoms with Crippen LogP contribution in [0.2, 0.25) is 0 Å². The molecule has 3 rings (SSSR count). The molecule has 2 aromatic heterocycles. The number of pyridine rings is 1. The Balaban J connectivity index is 1.81. The molecule has 2 N–H and O–H groups in total. The van der Waals surface area contributed by atoms with Crippen molar-refractivity contribution in [3.8, 4) is 16.9 Å². The number of nitrogens with zero attached hydrogens (tertiary/aromatic N) is 3. The zero-order chi connectivity index (χ0) is 23.3. The van der Waals surface area contributed by atoms with Gasteiger partial charge in [-0.3, -0.25) is 4.98 Å². The minimum absolute atomic E-state index is 0.121. The first kappa shape index (κ1) is 20.6. The van der Waals surface area contributed by atoms with Crippen LogP contribution in [0.15, 0.2) is 55.1 Å². The van der Waals surface area contributed by atoms with Crippen LogP contribution in [-0.4, -0.2) is 45.4 Å². The van der Waals surface area contributed by atoms with E-state index in [1.807, 2.05) is 18.2 Å². The number of hydrogen-bond donors (Lipinski definition) is 2. The van der Waals surface area contributed by atoms with E-state index in [9.17, 15) is 23.1 Å². The number of halogens is 3. The molecule has 0 radical (unpaired) electrons. The van der Waals surface area contributed by atoms with Crippen molar-refractivity contribution in [3.05, 3.63) is 66.4 Å². The maximum Gasteiger partial charge on any atom is 0.393 e. The molecule has 3 aromatic rings. The quantitative estimate of drug-likeness (QED) is 0.558. The fourth-order valence-electron chi connectivity index (χ4n) is 2.95. The number of ether oxygens (including phenoxy) is 1. The van der Waals surface area contributed by atoms with E-state index in [1.54, 1.807) is 31.5 Å². The first-order valence-electron chi connectivity index (χ1n) is 9.63. The molecular weight excluding hydrogens is 413 g/mol. The van der Waals surface area contributed by atoms with Crippen molar-refractivity contribution in [1.29, 1.82) is 0 Å². The van der Waals surface area contributed by atoms with Gasteiger partial charge < -0.3 is 15.2 Å². The first-order valence-corrected chi connectivity index (χ1v) is 9.13. The predicted molar refractivity (Wildman–Crippen MR) is 107 cm³/mol. The summed E-state index contributed by atoms with van der Waals surface area (Å²) in [4.78, 5) is 23.1. The predicted octanol–water partition coefficient (Wildman–Crippen LogP) is 3.76. The van der Waals surface area contributed by atoms with Gasteiger partial charge in [0.1, 0.15) is 25.3 Å². The second-order valence-electron chi connectivity index (χ2n) is 6.61. The van der Waals surface area contributed by atoms with Crippen molar-refractivity contribution in [2.24, 2.45) is 0 Å². The zero-order valence-electron chi connectivity index (χ0n) is 17.3. The van der Waals surface area contributed by atoms with Crippen LogP contribution in [0.5, 0.6) is 5.75 Å². The van der Waals surface area contributed by atoms with Crippen molar-refractivity contribution in [2.75, 3.05) is 12.4 Å². The molecule has 0 amide bonds. The van der Waals surface area contributed by atoms with Crippen LogP contribution in [0.3, 0.4) is 0 Å². The number of carboxylic acids is 1. The zero-order valence-corrected chi connectivity index (χ0v) is 16.3. The van der Waals surface area contributed by atoms with E-state index in [2.05, 4.69) is 20.3 Å². The highest BCUT2D eigenvalue weighted by atomic mass is 19.4. The van der Waals surface area contributed by atoms with Crippen molar-refractivity contribution in [1.82, 2.24) is 15.0 Å². The topological polar surface area (TPSA) is 97.2 Å². The summed E-state index contributed by atoms with van der Waals surface area (Å²) in [5, 5.41) is 12.1. The number of carboxylic acid groups (broad SMARTS) is 1. The van der Waals surface area contributed by atoms with E-state index >= 15 is 0 Å². The Bertz CT molecular complexity index is 1090. The number of rotatable bonds is 8. The Morgan fingerprint density at radius 1 is 1.23 bits per heavy atom. The van der Waals surface area contributed by atoms with Gasteiger partial charge in [-0.15, -0.1) is 0 Å². The van der Waals surface area contributed by atoms with Crippen molar-refractivity contribution >= 4 is 11.8 Å². The molecular formula is C21H19F3N4O3. The maximum absolute atomic E-state index is 12.8. The van der Waals surface area contributed by atoms with Gasteiger partial charge in [-0.25, -0.2) is 14.8 Å². The molecule has 10 heteroatoms. The maximum atomic E-state index is 12.8. The van der Waals surface area contributed by atoms with Crippen LogP contribution < -0.4 is 10.1 Å². The summed E-state index contributed by atoms with van der Waals surface area (Å²) in [6.07, 6.45) is -4.12. The molecule has 0 aliphatic heterocycles. The molecule has 0 saturated heterocycles. The molecule has 0 spiro atoms. The first-order chi connectivity index (χ1) is 15.2. The summed E-state index contributed by atoms with van der Waals surface area (Å²) < 4.78 is 51.3. The molecule has 0 bridgehead atoms. The average Bonchev–Trinajstić information content (AvgIpc) is 2.74. The molecule has 1 aromatic carbocycles. The van der Waals surface area contributed by atoms with E-state index in [4.69, 9.17) is 6.11 Å². The Morgan fingerprint density at radius 3 is 2.65 bits per heavy atom. The Hall–Kier alpha value is -3.69. The van der Waals surface area contributed by atoms with Crippen LogP contribution >= 0.6 is 0 Å². The largest absolute Gasteiger partial charge is 0.496 e. The third-order valence-corrected chi connectivity index (χ3v) is 4.40. The van der Waals surface area contributed by atoms with Crippen LogP contribution in [0.25, 0.3) is 11.1 Å². The third-order valence-electron chi connectivity index (χ3n) is 4.40. The normalized spacial score (nSPS) is 12.7. The molecule has 0 aliphatic carbocycles. The third kappa shape index (κ3) is 5.91. The number of benzene rings is 1. The molecule has 0 aliphatic rings. The molecule has 162 valence electrons. The second-order valence-corrected chi connectivity index (χ2v) is 6.61. The summed E-state index contributed by atoms with van der Waals surface area (Å²) in [5.74, 6) is -0.997. The van der Waals surface area contributed by atoms with Crippen molar-refractivity contribution in [2.45, 2.75) is 25.1 Å². The fourth-order valence-corrected chi connectivity index (χ4v) is 2.95. The number of anilines is 1. The summed E-state index contributed by atoms with van der Waals surface area (Å²) in [6.45, 7) is 0. The number of aliphatic carboxylic acids is 1. The SMILES string of the molecule is [2H]c1ncc(CC(F)(F)F)c(N[C@@H](Cc2ccc(-c3ccccc3OC)cn2)C(=O)O)n1. The second kappa shape index (κ2) is 9.41. The highest BCUT2D eigenvalue weighted by Gasteiger charge is 2.30. The molecule has 0 saturated carbocycles. The number of carbonyl (C=O) groups is 1. The number of nitrogens with one attached hydrogen (secondary N) is 1. The van der Waals surface area contributed by atoms with Gasteiger partial charge in [0.05, 0.1) is 13.5 Å². The van der Waals surface area contributed by atoms with E-state index in [0.29, 0.717) is 11.4 Å². The van der Waals surface area contributed by atoms with Crippen LogP contribution in [0.1, 0.15) is 12.6 Å². The lowest BCUT2D eigenvalue weighted by Gasteiger charge is -2.17. The summed E-state index contributed by atoms with van der Waals surface area (Å²) in [6, 6.07) is 9.39. The van der Waals surface area contributed by atoms with Crippen LogP contribution in [-0.2, 0) is 17.6 Å². The number of para-hydroxylation sites is 1. The van der Waals surface area contributed by atoms with Crippen LogP contribution in [0.4, 0.5) is 19.0 Å². The fraction of sp³-hybridized carbons (Fsp3) is 0.238. The Morgan fingerprint density at radius 2 is 2.00 bits per heavy atom. The summed E-state index contributed by atoms with van der Waals surface area (Å²) in [7, 11) is 1.55.